The van der Waals surface area contributed by atoms with Gasteiger partial charge < -0.3 is 4.74 Å². The number of hydrogen-bond acceptors (Lipinski definition) is 4. The molecule has 0 atom stereocenters. The van der Waals surface area contributed by atoms with Crippen LogP contribution in [0.2, 0.25) is 0 Å². The average Bonchev–Trinajstić information content (AvgIpc) is 2.71. The molecule has 4 rings (SSSR count). The Balaban J connectivity index is 1.91. The van der Waals surface area contributed by atoms with Crippen molar-refractivity contribution in [3.8, 4) is 33.9 Å². The molecule has 0 spiro atoms. The smallest absolute Gasteiger partial charge is 0.267 e. The molecule has 0 radical (unpaired) electrons. The summed E-state index contributed by atoms with van der Waals surface area (Å²) in [5, 5.41) is 4.43. The first-order valence-electron chi connectivity index (χ1n) is 8.64. The molecule has 0 bridgehead atoms. The van der Waals surface area contributed by atoms with Gasteiger partial charge in [-0.2, -0.15) is 9.49 Å². The Morgan fingerprint density at radius 3 is 2.46 bits per heavy atom. The molecule has 0 fully saturated rings. The average molecular weight is 373 g/mol. The summed E-state index contributed by atoms with van der Waals surface area (Å²) in [4.78, 5) is 15.8. The molecular weight excluding hydrogens is 357 g/mol. The number of benzene rings is 2. The van der Waals surface area contributed by atoms with E-state index in [4.69, 9.17) is 4.74 Å². The maximum atomic E-state index is 13.7. The molecule has 0 aliphatic rings. The first-order chi connectivity index (χ1) is 13.6. The van der Waals surface area contributed by atoms with Crippen molar-refractivity contribution < 1.29 is 9.13 Å². The van der Waals surface area contributed by atoms with Gasteiger partial charge in [0.15, 0.2) is 0 Å². The summed E-state index contributed by atoms with van der Waals surface area (Å²) in [7, 11) is 1.57. The normalized spacial score (nSPS) is 10.6. The van der Waals surface area contributed by atoms with Crippen molar-refractivity contribution in [1.29, 1.82) is 0 Å². The van der Waals surface area contributed by atoms with Crippen molar-refractivity contribution in [2.24, 2.45) is 7.05 Å². The minimum absolute atomic E-state index is 0.294. The molecule has 6 heteroatoms. The molecule has 0 amide bonds. The van der Waals surface area contributed by atoms with E-state index in [1.54, 1.807) is 13.1 Å². The standard InChI is InChI=1S/C22H16FN3O2/c1-26-21(27)14-18(15-11-12-24-20(23)13-15)22(25-26)17-9-5-6-10-19(17)28-16-7-3-2-4-8-16/h2-14H,1H3. The maximum Gasteiger partial charge on any atom is 0.267 e. The summed E-state index contributed by atoms with van der Waals surface area (Å²) in [6.45, 7) is 0. The van der Waals surface area contributed by atoms with E-state index in [0.29, 0.717) is 33.9 Å². The molecule has 5 nitrogen and oxygen atoms in total. The van der Waals surface area contributed by atoms with Crippen molar-refractivity contribution in [1.82, 2.24) is 14.8 Å². The quantitative estimate of drug-likeness (QED) is 0.496. The van der Waals surface area contributed by atoms with Crippen LogP contribution in [-0.2, 0) is 7.05 Å². The molecule has 0 saturated carbocycles. The van der Waals surface area contributed by atoms with Gasteiger partial charge in [-0.15, -0.1) is 0 Å². The maximum absolute atomic E-state index is 13.7. The highest BCUT2D eigenvalue weighted by Crippen LogP contribution is 2.36. The Morgan fingerprint density at radius 2 is 1.68 bits per heavy atom. The summed E-state index contributed by atoms with van der Waals surface area (Å²) < 4.78 is 21.0. The van der Waals surface area contributed by atoms with Crippen LogP contribution in [0.1, 0.15) is 0 Å². The van der Waals surface area contributed by atoms with Gasteiger partial charge in [0, 0.05) is 36.5 Å². The van der Waals surface area contributed by atoms with Crippen LogP contribution in [0.15, 0.2) is 83.8 Å². The zero-order chi connectivity index (χ0) is 19.5. The van der Waals surface area contributed by atoms with E-state index in [-0.39, 0.29) is 5.56 Å². The van der Waals surface area contributed by atoms with Gasteiger partial charge in [-0.1, -0.05) is 30.3 Å². The lowest BCUT2D eigenvalue weighted by molar-refractivity contribution is 0.484. The molecule has 0 unspecified atom stereocenters. The van der Waals surface area contributed by atoms with Gasteiger partial charge in [-0.05, 0) is 35.9 Å². The summed E-state index contributed by atoms with van der Waals surface area (Å²) in [6, 6.07) is 21.1. The van der Waals surface area contributed by atoms with Crippen molar-refractivity contribution in [2.75, 3.05) is 0 Å². The van der Waals surface area contributed by atoms with Gasteiger partial charge >= 0.3 is 0 Å². The number of aryl methyl sites for hydroxylation is 1. The summed E-state index contributed by atoms with van der Waals surface area (Å²) in [6.07, 6.45) is 1.36. The van der Waals surface area contributed by atoms with Gasteiger partial charge in [0.2, 0.25) is 5.95 Å². The Labute approximate surface area is 160 Å². The number of hydrogen-bond donors (Lipinski definition) is 0. The van der Waals surface area contributed by atoms with E-state index in [2.05, 4.69) is 10.1 Å². The molecule has 2 aromatic carbocycles. The lowest BCUT2D eigenvalue weighted by Gasteiger charge is -2.14. The number of para-hydroxylation sites is 2. The van der Waals surface area contributed by atoms with Crippen LogP contribution in [-0.4, -0.2) is 14.8 Å². The van der Waals surface area contributed by atoms with E-state index in [1.807, 2.05) is 54.6 Å². The third-order valence-electron chi connectivity index (χ3n) is 4.24. The van der Waals surface area contributed by atoms with E-state index in [0.717, 1.165) is 0 Å². The van der Waals surface area contributed by atoms with Gasteiger partial charge in [-0.3, -0.25) is 4.79 Å². The van der Waals surface area contributed by atoms with Crippen molar-refractivity contribution in [2.45, 2.75) is 0 Å². The molecule has 28 heavy (non-hydrogen) atoms. The fourth-order valence-electron chi connectivity index (χ4n) is 2.89. The number of aromatic nitrogens is 3. The fraction of sp³-hybridized carbons (Fsp3) is 0.0455. The molecule has 0 saturated heterocycles. The summed E-state index contributed by atoms with van der Waals surface area (Å²) in [5.41, 5.74) is 1.93. The monoisotopic (exact) mass is 373 g/mol. The van der Waals surface area contributed by atoms with Crippen LogP contribution in [0.25, 0.3) is 22.4 Å². The highest BCUT2D eigenvalue weighted by molar-refractivity contribution is 5.83. The topological polar surface area (TPSA) is 57.0 Å². The van der Waals surface area contributed by atoms with Crippen LogP contribution in [0, 0.1) is 5.95 Å². The second-order valence-electron chi connectivity index (χ2n) is 6.15. The number of nitrogens with zero attached hydrogens (tertiary/aromatic N) is 3. The Kier molecular flexibility index (Phi) is 4.68. The molecule has 4 aromatic rings. The highest BCUT2D eigenvalue weighted by atomic mass is 19.1. The van der Waals surface area contributed by atoms with E-state index >= 15 is 0 Å². The number of rotatable bonds is 4. The number of ether oxygens (including phenoxy) is 1. The minimum atomic E-state index is -0.627. The second-order valence-corrected chi connectivity index (χ2v) is 6.15. The zero-order valence-electron chi connectivity index (χ0n) is 15.0. The van der Waals surface area contributed by atoms with Crippen LogP contribution in [0.3, 0.4) is 0 Å². The van der Waals surface area contributed by atoms with E-state index in [9.17, 15) is 9.18 Å². The van der Waals surface area contributed by atoms with Crippen LogP contribution < -0.4 is 10.3 Å². The van der Waals surface area contributed by atoms with Crippen molar-refractivity contribution in [3.63, 3.8) is 0 Å². The predicted molar refractivity (Wildman–Crippen MR) is 105 cm³/mol. The molecule has 2 heterocycles. The van der Waals surface area contributed by atoms with E-state index in [1.165, 1.54) is 23.0 Å². The number of pyridine rings is 1. The lowest BCUT2D eigenvalue weighted by atomic mass is 10.00. The summed E-state index contributed by atoms with van der Waals surface area (Å²) >= 11 is 0. The first-order valence-corrected chi connectivity index (χ1v) is 8.64. The van der Waals surface area contributed by atoms with E-state index < -0.39 is 5.95 Å². The molecule has 138 valence electrons. The Hall–Kier alpha value is -3.80. The minimum Gasteiger partial charge on any atom is -0.457 e. The van der Waals surface area contributed by atoms with Crippen LogP contribution >= 0.6 is 0 Å². The molecule has 0 N–H and O–H groups in total. The lowest BCUT2D eigenvalue weighted by Crippen LogP contribution is -2.19. The third-order valence-corrected chi connectivity index (χ3v) is 4.24. The second kappa shape index (κ2) is 7.44. The third kappa shape index (κ3) is 3.53. The van der Waals surface area contributed by atoms with Crippen molar-refractivity contribution >= 4 is 0 Å². The van der Waals surface area contributed by atoms with Gasteiger partial charge in [0.1, 0.15) is 17.2 Å². The number of halogens is 1. The van der Waals surface area contributed by atoms with Crippen molar-refractivity contribution in [3.05, 3.63) is 95.3 Å². The van der Waals surface area contributed by atoms with Crippen LogP contribution in [0.5, 0.6) is 11.5 Å². The first kappa shape index (κ1) is 17.6. The predicted octanol–water partition coefficient (Wildman–Crippen LogP) is 4.44. The Morgan fingerprint density at radius 1 is 0.929 bits per heavy atom. The molecular formula is C22H16FN3O2. The summed E-state index contributed by atoms with van der Waals surface area (Å²) in [5.74, 6) is 0.629. The largest absolute Gasteiger partial charge is 0.457 e. The molecule has 0 aliphatic carbocycles. The molecule has 0 aliphatic heterocycles. The highest BCUT2D eigenvalue weighted by Gasteiger charge is 2.17. The Bertz CT molecular complexity index is 1190. The van der Waals surface area contributed by atoms with Gasteiger partial charge in [0.05, 0.1) is 0 Å². The fourth-order valence-corrected chi connectivity index (χ4v) is 2.89. The SMILES string of the molecule is Cn1nc(-c2ccccc2Oc2ccccc2)c(-c2ccnc(F)c2)cc1=O. The zero-order valence-corrected chi connectivity index (χ0v) is 15.0. The molecule has 2 aromatic heterocycles. The van der Waals surface area contributed by atoms with Gasteiger partial charge in [0.25, 0.3) is 5.56 Å². The van der Waals surface area contributed by atoms with Crippen LogP contribution in [0.4, 0.5) is 4.39 Å². The van der Waals surface area contributed by atoms with Gasteiger partial charge in [-0.25, -0.2) is 9.67 Å².